The number of rotatable bonds is 8. The Bertz CT molecular complexity index is 807. The number of fused-ring (bicyclic) bond motifs is 5. The van der Waals surface area contributed by atoms with Crippen LogP contribution in [0.3, 0.4) is 0 Å². The summed E-state index contributed by atoms with van der Waals surface area (Å²) in [6.07, 6.45) is 1.89. The van der Waals surface area contributed by atoms with E-state index in [1.807, 2.05) is 13.8 Å². The van der Waals surface area contributed by atoms with E-state index in [2.05, 4.69) is 20.1 Å². The topological polar surface area (TPSA) is 102 Å². The third-order valence-corrected chi connectivity index (χ3v) is 8.42. The van der Waals surface area contributed by atoms with Gasteiger partial charge < -0.3 is 24.4 Å². The van der Waals surface area contributed by atoms with Crippen LogP contribution in [0.5, 0.6) is 0 Å². The molecule has 3 aliphatic rings. The molecule has 0 spiro atoms. The van der Waals surface area contributed by atoms with E-state index >= 15 is 0 Å². The molecule has 0 aromatic rings. The molecular weight excluding hydrogens is 448 g/mol. The first-order valence-electron chi connectivity index (χ1n) is 13.3. The van der Waals surface area contributed by atoms with Gasteiger partial charge in [-0.25, -0.2) is 4.79 Å². The fourth-order valence-electron chi connectivity index (χ4n) is 6.35. The van der Waals surface area contributed by atoms with Crippen LogP contribution >= 0.6 is 0 Å². The Kier molecular flexibility index (Phi) is 9.22. The molecule has 2 bridgehead atoms. The van der Waals surface area contributed by atoms with Gasteiger partial charge in [0.2, 0.25) is 0 Å². The van der Waals surface area contributed by atoms with Gasteiger partial charge in [0, 0.05) is 24.9 Å². The molecule has 7 nitrogen and oxygen atoms in total. The van der Waals surface area contributed by atoms with E-state index in [1.165, 1.54) is 0 Å². The zero-order valence-electron chi connectivity index (χ0n) is 21.8. The lowest BCUT2D eigenvalue weighted by Gasteiger charge is -2.45. The summed E-state index contributed by atoms with van der Waals surface area (Å²) in [5.41, 5.74) is 0.783. The van der Waals surface area contributed by atoms with Crippen molar-refractivity contribution in [2.75, 3.05) is 6.61 Å². The molecule has 0 aromatic heterocycles. The molecule has 2 saturated heterocycles. The van der Waals surface area contributed by atoms with Crippen molar-refractivity contribution in [3.8, 4) is 0 Å². The predicted octanol–water partition coefficient (Wildman–Crippen LogP) is 4.11. The van der Waals surface area contributed by atoms with Crippen molar-refractivity contribution in [3.05, 3.63) is 24.3 Å². The quantitative estimate of drug-likeness (QED) is 0.388. The fraction of sp³-hybridized carbons (Fsp3) is 0.786. The summed E-state index contributed by atoms with van der Waals surface area (Å²) in [5.74, 6) is -0.692. The molecule has 0 unspecified atom stereocenters. The second-order valence-corrected chi connectivity index (χ2v) is 11.0. The van der Waals surface area contributed by atoms with Crippen LogP contribution in [0.25, 0.3) is 0 Å². The number of aliphatic hydroxyl groups excluding tert-OH is 2. The van der Waals surface area contributed by atoms with Crippen molar-refractivity contribution in [1.82, 2.24) is 0 Å². The van der Waals surface area contributed by atoms with E-state index in [0.29, 0.717) is 32.1 Å². The molecule has 9 atom stereocenters. The van der Waals surface area contributed by atoms with Crippen LogP contribution in [0.4, 0.5) is 0 Å². The summed E-state index contributed by atoms with van der Waals surface area (Å²) in [7, 11) is 0. The Labute approximate surface area is 209 Å². The lowest BCUT2D eigenvalue weighted by Crippen LogP contribution is -2.52. The SMILES string of the molecule is C=C1CC[C@H]([C@@H](C)CO)[C@@H]2[C@H]1[C@H]1CC(=C)[C@@H](O)CC[C@@](C)(OC(=O)[C@@H](CC)OC(=O)CCC)[C@@H]2O1. The van der Waals surface area contributed by atoms with Crippen LogP contribution in [0, 0.1) is 23.7 Å². The number of hydrogen-bond donors (Lipinski definition) is 2. The lowest BCUT2D eigenvalue weighted by molar-refractivity contribution is -0.195. The smallest absolute Gasteiger partial charge is 0.348 e. The van der Waals surface area contributed by atoms with E-state index in [1.54, 1.807) is 6.92 Å². The predicted molar refractivity (Wildman–Crippen MR) is 132 cm³/mol. The highest BCUT2D eigenvalue weighted by molar-refractivity contribution is 5.79. The normalized spacial score (nSPS) is 36.9. The second-order valence-electron chi connectivity index (χ2n) is 11.0. The van der Waals surface area contributed by atoms with Crippen molar-refractivity contribution < 1.29 is 34.0 Å². The summed E-state index contributed by atoms with van der Waals surface area (Å²) in [5, 5.41) is 20.8. The summed E-state index contributed by atoms with van der Waals surface area (Å²) in [4.78, 5) is 25.4. The first-order chi connectivity index (χ1) is 16.6. The van der Waals surface area contributed by atoms with Crippen molar-refractivity contribution in [2.24, 2.45) is 23.7 Å². The number of ether oxygens (including phenoxy) is 3. The van der Waals surface area contributed by atoms with Gasteiger partial charge in [0.05, 0.1) is 12.2 Å². The second kappa shape index (κ2) is 11.6. The largest absolute Gasteiger partial charge is 0.454 e. The summed E-state index contributed by atoms with van der Waals surface area (Å²) < 4.78 is 18.3. The minimum atomic E-state index is -1.05. The standard InChI is InChI=1S/C28H44O7/c1-7-9-23(31)33-21(8-2)27(32)35-28(6)13-12-20(30)17(4)14-22-24-16(3)10-11-19(18(5)15-29)25(24)26(28)34-22/h18-22,24-26,29-30H,3-4,7-15H2,1-2,5-6H3/t18-,19+,20-,21+,22+,24+,25+,26+,28+/m0/s1. The lowest BCUT2D eigenvalue weighted by atomic mass is 9.61. The minimum absolute atomic E-state index is 0.0203. The zero-order chi connectivity index (χ0) is 25.9. The molecular formula is C28H44O7. The van der Waals surface area contributed by atoms with Gasteiger partial charge in [-0.3, -0.25) is 4.79 Å². The maximum atomic E-state index is 13.3. The Morgan fingerprint density at radius 1 is 1.23 bits per heavy atom. The Balaban J connectivity index is 1.96. The van der Waals surface area contributed by atoms with Crippen molar-refractivity contribution >= 4 is 11.9 Å². The zero-order valence-corrected chi connectivity index (χ0v) is 21.8. The third kappa shape index (κ3) is 5.83. The molecule has 0 radical (unpaired) electrons. The van der Waals surface area contributed by atoms with E-state index < -0.39 is 35.9 Å². The first-order valence-corrected chi connectivity index (χ1v) is 13.3. The molecule has 1 saturated carbocycles. The van der Waals surface area contributed by atoms with Crippen molar-refractivity contribution in [3.63, 3.8) is 0 Å². The maximum Gasteiger partial charge on any atom is 0.348 e. The van der Waals surface area contributed by atoms with Crippen LogP contribution in [-0.4, -0.2) is 58.8 Å². The van der Waals surface area contributed by atoms with Gasteiger partial charge in [0.15, 0.2) is 6.10 Å². The Morgan fingerprint density at radius 3 is 2.57 bits per heavy atom. The van der Waals surface area contributed by atoms with E-state index in [-0.39, 0.29) is 42.8 Å². The van der Waals surface area contributed by atoms with Gasteiger partial charge in [0.1, 0.15) is 11.7 Å². The van der Waals surface area contributed by atoms with Gasteiger partial charge in [-0.15, -0.1) is 0 Å². The molecule has 2 aliphatic heterocycles. The van der Waals surface area contributed by atoms with Crippen LogP contribution in [0.1, 0.15) is 79.1 Å². The van der Waals surface area contributed by atoms with Gasteiger partial charge in [-0.2, -0.15) is 0 Å². The summed E-state index contributed by atoms with van der Waals surface area (Å²) >= 11 is 0. The van der Waals surface area contributed by atoms with E-state index in [4.69, 9.17) is 14.2 Å². The van der Waals surface area contributed by atoms with Gasteiger partial charge in [-0.1, -0.05) is 39.5 Å². The molecule has 3 fully saturated rings. The minimum Gasteiger partial charge on any atom is -0.454 e. The van der Waals surface area contributed by atoms with Crippen LogP contribution < -0.4 is 0 Å². The summed E-state index contributed by atoms with van der Waals surface area (Å²) in [6, 6.07) is 0. The number of carbonyl (C=O) groups is 2. The van der Waals surface area contributed by atoms with Crippen LogP contribution in [-0.2, 0) is 23.8 Å². The van der Waals surface area contributed by atoms with Gasteiger partial charge in [-0.05, 0) is 69.3 Å². The Hall–Kier alpha value is -1.70. The first kappa shape index (κ1) is 27.9. The van der Waals surface area contributed by atoms with Crippen molar-refractivity contribution in [2.45, 2.75) is 109 Å². The molecule has 1 aliphatic carbocycles. The van der Waals surface area contributed by atoms with Gasteiger partial charge in [0.25, 0.3) is 0 Å². The molecule has 2 N–H and O–H groups in total. The van der Waals surface area contributed by atoms with E-state index in [0.717, 1.165) is 24.0 Å². The number of carbonyl (C=O) groups excluding carboxylic acids is 2. The maximum absolute atomic E-state index is 13.3. The Morgan fingerprint density at radius 2 is 1.94 bits per heavy atom. The third-order valence-electron chi connectivity index (χ3n) is 8.42. The van der Waals surface area contributed by atoms with E-state index in [9.17, 15) is 19.8 Å². The van der Waals surface area contributed by atoms with Crippen LogP contribution in [0.2, 0.25) is 0 Å². The number of hydrogen-bond acceptors (Lipinski definition) is 7. The highest BCUT2D eigenvalue weighted by atomic mass is 16.6. The molecule has 35 heavy (non-hydrogen) atoms. The average molecular weight is 493 g/mol. The van der Waals surface area contributed by atoms with Crippen molar-refractivity contribution in [1.29, 1.82) is 0 Å². The summed E-state index contributed by atoms with van der Waals surface area (Å²) in [6.45, 7) is 16.2. The highest BCUT2D eigenvalue weighted by Gasteiger charge is 2.59. The highest BCUT2D eigenvalue weighted by Crippen LogP contribution is 2.55. The van der Waals surface area contributed by atoms with Crippen LogP contribution in [0.15, 0.2) is 24.3 Å². The molecule has 7 heteroatoms. The van der Waals surface area contributed by atoms with Gasteiger partial charge >= 0.3 is 11.9 Å². The molecule has 198 valence electrons. The monoisotopic (exact) mass is 492 g/mol. The molecule has 0 amide bonds. The molecule has 0 aromatic carbocycles. The number of aliphatic hydroxyl groups is 2. The molecule has 3 rings (SSSR count). The fourth-order valence-corrected chi connectivity index (χ4v) is 6.35. The average Bonchev–Trinajstić information content (AvgIpc) is 3.22. The number of esters is 2. The molecule has 2 heterocycles.